The van der Waals surface area contributed by atoms with Crippen molar-refractivity contribution in [2.75, 3.05) is 13.6 Å². The zero-order valence-electron chi connectivity index (χ0n) is 12.0. The molecule has 17 heavy (non-hydrogen) atoms. The summed E-state index contributed by atoms with van der Waals surface area (Å²) in [6, 6.07) is 12.5. The Morgan fingerprint density at radius 3 is 1.35 bits per heavy atom. The second kappa shape index (κ2) is 52.7. The number of rotatable bonds is 1. The van der Waals surface area contributed by atoms with Gasteiger partial charge in [0.25, 0.3) is 0 Å². The van der Waals surface area contributed by atoms with Gasteiger partial charge in [-0.1, -0.05) is 20.8 Å². The predicted molar refractivity (Wildman–Crippen MR) is 69.3 cm³/mol. The van der Waals surface area contributed by atoms with E-state index in [1.54, 1.807) is 7.05 Å². The summed E-state index contributed by atoms with van der Waals surface area (Å²) in [6.07, 6.45) is 0. The molecule has 1 aromatic rings. The molecule has 0 aliphatic heterocycles. The Labute approximate surface area is 161 Å². The van der Waals surface area contributed by atoms with Gasteiger partial charge in [-0.15, -0.1) is 0 Å². The Hall–Kier alpha value is 1.56. The maximum Gasteiger partial charge on any atom is 2.00 e. The molecule has 0 atom stereocenters. The summed E-state index contributed by atoms with van der Waals surface area (Å²) < 4.78 is 0. The van der Waals surface area contributed by atoms with Gasteiger partial charge in [0.05, 0.1) is 0 Å². The van der Waals surface area contributed by atoms with Gasteiger partial charge in [0.1, 0.15) is 0 Å². The van der Waals surface area contributed by atoms with Crippen molar-refractivity contribution in [3.05, 3.63) is 56.6 Å². The molecule has 1 aromatic carbocycles. The van der Waals surface area contributed by atoms with E-state index in [1.165, 1.54) is 0 Å². The normalized spacial score (nSPS) is 4.94. The third-order valence-electron chi connectivity index (χ3n) is 0.923. The van der Waals surface area contributed by atoms with Gasteiger partial charge in [0, 0.05) is 32.7 Å². The number of benzene rings is 1. The molecule has 0 unspecified atom stereocenters. The number of nitrogens with zero attached hydrogens (tertiary/aromatic N) is 1. The molecule has 1 rings (SSSR count). The first-order chi connectivity index (χ1) is 5.91. The van der Waals surface area contributed by atoms with Gasteiger partial charge in [0.2, 0.25) is 0 Å². The van der Waals surface area contributed by atoms with E-state index in [2.05, 4.69) is 11.4 Å². The van der Waals surface area contributed by atoms with E-state index in [9.17, 15) is 0 Å². The summed E-state index contributed by atoms with van der Waals surface area (Å²) >= 11 is 0. The predicted octanol–water partition coefficient (Wildman–Crippen LogP) is 4.42. The Morgan fingerprint density at radius 1 is 1.00 bits per heavy atom. The SMILES string of the molecule is CC.CC[N-]C.[CH3-].[CH3-].[V+2].[W+2].[Y].[c-]1ccccc1. The first kappa shape index (κ1) is 42.8. The Bertz CT molecular complexity index is 113. The molecule has 0 fully saturated rings. The zero-order chi connectivity index (χ0) is 9.66. The van der Waals surface area contributed by atoms with Crippen molar-refractivity contribution in [3.63, 3.8) is 0 Å². The molecule has 0 N–H and O–H groups in total. The van der Waals surface area contributed by atoms with Crippen molar-refractivity contribution in [1.82, 2.24) is 0 Å². The molecular weight excluding hydrogens is 494 g/mol. The van der Waals surface area contributed by atoms with Crippen molar-refractivity contribution < 1.29 is 72.3 Å². The van der Waals surface area contributed by atoms with Crippen LogP contribution < -0.4 is 0 Å². The van der Waals surface area contributed by atoms with Crippen LogP contribution in [0.5, 0.6) is 0 Å². The van der Waals surface area contributed by atoms with Gasteiger partial charge in [0.15, 0.2) is 0 Å². The van der Waals surface area contributed by atoms with Gasteiger partial charge in [-0.3, -0.25) is 0 Å². The van der Waals surface area contributed by atoms with Gasteiger partial charge in [-0.25, -0.2) is 0 Å². The molecule has 0 amide bonds. The van der Waals surface area contributed by atoms with E-state index in [0.717, 1.165) is 6.54 Å². The van der Waals surface area contributed by atoms with Crippen LogP contribution in [0, 0.1) is 20.9 Å². The molecule has 2 radical (unpaired) electrons. The van der Waals surface area contributed by atoms with Crippen LogP contribution in [0.25, 0.3) is 5.32 Å². The first-order valence-corrected chi connectivity index (χ1v) is 4.38. The zero-order valence-corrected chi connectivity index (χ0v) is 19.1. The van der Waals surface area contributed by atoms with Crippen LogP contribution >= 0.6 is 0 Å². The largest absolute Gasteiger partial charge is 2.00 e. The maximum absolute atomic E-state index is 3.74. The van der Waals surface area contributed by atoms with E-state index in [4.69, 9.17) is 0 Å². The molecule has 0 spiro atoms. The molecule has 4 heteroatoms. The molecule has 0 saturated heterocycles. The van der Waals surface area contributed by atoms with Crippen LogP contribution in [-0.2, 0) is 72.3 Å². The summed E-state index contributed by atoms with van der Waals surface area (Å²) in [4.78, 5) is 0. The van der Waals surface area contributed by atoms with Gasteiger partial charge in [-0.05, 0) is 0 Å². The molecular formula is C13H25NVWY. The van der Waals surface area contributed by atoms with E-state index >= 15 is 0 Å². The first-order valence-electron chi connectivity index (χ1n) is 4.38. The van der Waals surface area contributed by atoms with E-state index in [-0.39, 0.29) is 87.2 Å². The molecule has 1 nitrogen and oxygen atoms in total. The van der Waals surface area contributed by atoms with Gasteiger partial charge in [-0.2, -0.15) is 50.0 Å². The second-order valence-electron chi connectivity index (χ2n) is 1.71. The minimum absolute atomic E-state index is 0. The summed E-state index contributed by atoms with van der Waals surface area (Å²) in [5, 5.41) is 3.74. The van der Waals surface area contributed by atoms with Crippen molar-refractivity contribution in [2.45, 2.75) is 20.8 Å². The number of hydrogen-bond donors (Lipinski definition) is 0. The maximum atomic E-state index is 3.74. The second-order valence-corrected chi connectivity index (χ2v) is 1.71. The van der Waals surface area contributed by atoms with Crippen molar-refractivity contribution >= 4 is 0 Å². The molecule has 0 aromatic heterocycles. The van der Waals surface area contributed by atoms with Crippen LogP contribution in [-0.4, -0.2) is 13.6 Å². The van der Waals surface area contributed by atoms with Crippen LogP contribution in [0.4, 0.5) is 0 Å². The monoisotopic (exact) mass is 519 g/mol. The van der Waals surface area contributed by atoms with Crippen molar-refractivity contribution in [1.29, 1.82) is 0 Å². The average Bonchev–Trinajstić information content (AvgIpc) is 2.24. The van der Waals surface area contributed by atoms with Gasteiger partial charge < -0.3 is 20.2 Å². The fraction of sp³-hybridized carbons (Fsp3) is 0.385. The summed E-state index contributed by atoms with van der Waals surface area (Å²) in [5.41, 5.74) is 0. The standard InChI is InChI=1S/C6H5.C3H8N.C2H6.2CH3.V.W.Y/c1-2-4-6-5-3-1;1-3-4-2;1-2;;;;;/h1-5H;3H2,1-2H3;1-2H3;2*1H3;;;/q2*-1;;2*-1;2*+2;. The van der Waals surface area contributed by atoms with Crippen LogP contribution in [0.1, 0.15) is 20.8 Å². The molecule has 0 aliphatic rings. The summed E-state index contributed by atoms with van der Waals surface area (Å²) in [7, 11) is 1.81. The van der Waals surface area contributed by atoms with Crippen LogP contribution in [0.15, 0.2) is 30.3 Å². The minimum Gasteiger partial charge on any atom is -0.665 e. The fourth-order valence-corrected chi connectivity index (χ4v) is 0.342. The van der Waals surface area contributed by atoms with Gasteiger partial charge >= 0.3 is 39.6 Å². The summed E-state index contributed by atoms with van der Waals surface area (Å²) in [5.74, 6) is 0. The minimum atomic E-state index is 0. The fourth-order valence-electron chi connectivity index (χ4n) is 0.342. The van der Waals surface area contributed by atoms with Crippen molar-refractivity contribution in [3.8, 4) is 0 Å². The molecule has 0 saturated carbocycles. The molecule has 0 aliphatic carbocycles. The third kappa shape index (κ3) is 58.0. The summed E-state index contributed by atoms with van der Waals surface area (Å²) in [6.45, 7) is 6.96. The quantitative estimate of drug-likeness (QED) is 0.489. The van der Waals surface area contributed by atoms with E-state index in [0.29, 0.717) is 0 Å². The third-order valence-corrected chi connectivity index (χ3v) is 0.923. The molecule has 0 bridgehead atoms. The Kier molecular flexibility index (Phi) is 133. The smallest absolute Gasteiger partial charge is 0.665 e. The average molecular weight is 519 g/mol. The van der Waals surface area contributed by atoms with E-state index < -0.39 is 0 Å². The topological polar surface area (TPSA) is 14.1 Å². The van der Waals surface area contributed by atoms with Crippen LogP contribution in [0.2, 0.25) is 0 Å². The Morgan fingerprint density at radius 2 is 1.29 bits per heavy atom. The van der Waals surface area contributed by atoms with Crippen molar-refractivity contribution in [2.24, 2.45) is 0 Å². The Balaban J connectivity index is -0.0000000169. The van der Waals surface area contributed by atoms with E-state index in [1.807, 2.05) is 51.1 Å². The van der Waals surface area contributed by atoms with Crippen LogP contribution in [0.3, 0.4) is 0 Å². The molecule has 96 valence electrons. The number of hydrogen-bond acceptors (Lipinski definition) is 0. The molecule has 0 heterocycles.